The van der Waals surface area contributed by atoms with Crippen LogP contribution in [0, 0.1) is 0 Å². The molecule has 100 valence electrons. The van der Waals surface area contributed by atoms with Crippen LogP contribution >= 0.6 is 0 Å². The van der Waals surface area contributed by atoms with E-state index in [1.54, 1.807) is 43.8 Å². The molecule has 0 fully saturated rings. The van der Waals surface area contributed by atoms with Crippen LogP contribution in [-0.4, -0.2) is 20.4 Å². The SMILES string of the molecule is Cn1cccc(C(=O)Nc2ccc3nc[nH]c3c2)c1=O. The predicted octanol–water partition coefficient (Wildman–Crippen LogP) is 1.51. The number of nitrogens with zero attached hydrogens (tertiary/aromatic N) is 2. The Balaban J connectivity index is 1.92. The van der Waals surface area contributed by atoms with Gasteiger partial charge < -0.3 is 14.9 Å². The van der Waals surface area contributed by atoms with Gasteiger partial charge in [0.25, 0.3) is 11.5 Å². The molecule has 1 amide bonds. The number of fused-ring (bicyclic) bond motifs is 1. The fourth-order valence-electron chi connectivity index (χ4n) is 1.98. The smallest absolute Gasteiger partial charge is 0.263 e. The Hall–Kier alpha value is -2.89. The monoisotopic (exact) mass is 268 g/mol. The van der Waals surface area contributed by atoms with Gasteiger partial charge in [0.15, 0.2) is 0 Å². The fourth-order valence-corrected chi connectivity index (χ4v) is 1.98. The quantitative estimate of drug-likeness (QED) is 0.739. The summed E-state index contributed by atoms with van der Waals surface area (Å²) in [6.45, 7) is 0. The third-order valence-corrected chi connectivity index (χ3v) is 3.05. The van der Waals surface area contributed by atoms with E-state index in [1.807, 2.05) is 0 Å². The Labute approximate surface area is 114 Å². The van der Waals surface area contributed by atoms with Gasteiger partial charge in [-0.1, -0.05) is 0 Å². The average Bonchev–Trinajstić information content (AvgIpc) is 2.89. The first kappa shape index (κ1) is 12.2. The zero-order valence-electron chi connectivity index (χ0n) is 10.8. The van der Waals surface area contributed by atoms with Crippen LogP contribution in [0.5, 0.6) is 0 Å². The summed E-state index contributed by atoms with van der Waals surface area (Å²) in [4.78, 5) is 31.0. The summed E-state index contributed by atoms with van der Waals surface area (Å²) < 4.78 is 1.37. The normalized spacial score (nSPS) is 10.7. The molecule has 0 aliphatic heterocycles. The molecule has 2 heterocycles. The van der Waals surface area contributed by atoms with Crippen molar-refractivity contribution in [3.05, 3.63) is 58.8 Å². The van der Waals surface area contributed by atoms with Crippen molar-refractivity contribution >= 4 is 22.6 Å². The van der Waals surface area contributed by atoms with E-state index in [1.165, 1.54) is 10.6 Å². The van der Waals surface area contributed by atoms with E-state index in [-0.39, 0.29) is 11.1 Å². The Bertz CT molecular complexity index is 848. The highest BCUT2D eigenvalue weighted by atomic mass is 16.2. The van der Waals surface area contributed by atoms with Gasteiger partial charge in [-0.3, -0.25) is 9.59 Å². The van der Waals surface area contributed by atoms with Crippen LogP contribution in [-0.2, 0) is 7.05 Å². The van der Waals surface area contributed by atoms with Crippen molar-refractivity contribution in [1.29, 1.82) is 0 Å². The number of aromatic amines is 1. The topological polar surface area (TPSA) is 79.8 Å². The molecule has 0 saturated carbocycles. The number of anilines is 1. The first-order valence-electron chi connectivity index (χ1n) is 6.05. The summed E-state index contributed by atoms with van der Waals surface area (Å²) in [5, 5.41) is 2.71. The average molecular weight is 268 g/mol. The predicted molar refractivity (Wildman–Crippen MR) is 75.7 cm³/mol. The number of imidazole rings is 1. The Kier molecular flexibility index (Phi) is 2.83. The largest absolute Gasteiger partial charge is 0.345 e. The van der Waals surface area contributed by atoms with Gasteiger partial charge in [0.05, 0.1) is 17.4 Å². The van der Waals surface area contributed by atoms with Gasteiger partial charge in [0, 0.05) is 18.9 Å². The first-order chi connectivity index (χ1) is 9.65. The minimum Gasteiger partial charge on any atom is -0.345 e. The molecule has 0 radical (unpaired) electrons. The van der Waals surface area contributed by atoms with Crippen LogP contribution in [0.2, 0.25) is 0 Å². The lowest BCUT2D eigenvalue weighted by Gasteiger charge is -2.05. The van der Waals surface area contributed by atoms with Crippen molar-refractivity contribution in [2.45, 2.75) is 0 Å². The molecule has 2 aromatic heterocycles. The first-order valence-corrected chi connectivity index (χ1v) is 6.05. The maximum Gasteiger partial charge on any atom is 0.263 e. The molecule has 6 heteroatoms. The van der Waals surface area contributed by atoms with Gasteiger partial charge >= 0.3 is 0 Å². The van der Waals surface area contributed by atoms with E-state index in [4.69, 9.17) is 0 Å². The van der Waals surface area contributed by atoms with Crippen molar-refractivity contribution in [2.75, 3.05) is 5.32 Å². The summed E-state index contributed by atoms with van der Waals surface area (Å²) in [5.41, 5.74) is 2.03. The van der Waals surface area contributed by atoms with E-state index >= 15 is 0 Å². The molecule has 0 atom stereocenters. The van der Waals surface area contributed by atoms with Gasteiger partial charge in [0.2, 0.25) is 0 Å². The molecule has 2 N–H and O–H groups in total. The minimum atomic E-state index is -0.426. The number of hydrogen-bond acceptors (Lipinski definition) is 3. The van der Waals surface area contributed by atoms with Gasteiger partial charge in [0.1, 0.15) is 5.56 Å². The van der Waals surface area contributed by atoms with Gasteiger partial charge in [-0.2, -0.15) is 0 Å². The molecular formula is C14H12N4O2. The van der Waals surface area contributed by atoms with Crippen LogP contribution in [0.25, 0.3) is 11.0 Å². The molecule has 0 aliphatic carbocycles. The maximum absolute atomic E-state index is 12.1. The van der Waals surface area contributed by atoms with E-state index in [2.05, 4.69) is 15.3 Å². The zero-order chi connectivity index (χ0) is 14.1. The molecule has 0 bridgehead atoms. The van der Waals surface area contributed by atoms with E-state index in [9.17, 15) is 9.59 Å². The van der Waals surface area contributed by atoms with Crippen molar-refractivity contribution in [2.24, 2.45) is 7.05 Å². The van der Waals surface area contributed by atoms with Crippen LogP contribution in [0.4, 0.5) is 5.69 Å². The second-order valence-corrected chi connectivity index (χ2v) is 4.43. The number of carbonyl (C=O) groups is 1. The summed E-state index contributed by atoms with van der Waals surface area (Å²) in [6.07, 6.45) is 3.19. The van der Waals surface area contributed by atoms with Crippen molar-refractivity contribution in [3.63, 3.8) is 0 Å². The summed E-state index contributed by atoms with van der Waals surface area (Å²) in [5.74, 6) is -0.426. The van der Waals surface area contributed by atoms with E-state index < -0.39 is 5.91 Å². The molecular weight excluding hydrogens is 256 g/mol. The van der Waals surface area contributed by atoms with Crippen LogP contribution in [0.15, 0.2) is 47.7 Å². The second kappa shape index (κ2) is 4.65. The number of hydrogen-bond donors (Lipinski definition) is 2. The molecule has 3 aromatic rings. The lowest BCUT2D eigenvalue weighted by atomic mass is 10.2. The highest BCUT2D eigenvalue weighted by Crippen LogP contribution is 2.16. The molecule has 3 rings (SSSR count). The number of pyridine rings is 1. The van der Waals surface area contributed by atoms with Gasteiger partial charge in [-0.15, -0.1) is 0 Å². The molecule has 0 aliphatic rings. The fraction of sp³-hybridized carbons (Fsp3) is 0.0714. The van der Waals surface area contributed by atoms with Crippen molar-refractivity contribution < 1.29 is 4.79 Å². The highest BCUT2D eigenvalue weighted by molar-refractivity contribution is 6.04. The summed E-state index contributed by atoms with van der Waals surface area (Å²) in [6, 6.07) is 8.48. The number of nitrogens with one attached hydrogen (secondary N) is 2. The lowest BCUT2D eigenvalue weighted by Crippen LogP contribution is -2.26. The molecule has 0 saturated heterocycles. The Morgan fingerprint density at radius 3 is 3.05 bits per heavy atom. The van der Waals surface area contributed by atoms with E-state index in [0.29, 0.717) is 5.69 Å². The lowest BCUT2D eigenvalue weighted by molar-refractivity contribution is 0.102. The maximum atomic E-state index is 12.1. The number of H-pyrrole nitrogens is 1. The minimum absolute atomic E-state index is 0.111. The van der Waals surface area contributed by atoms with Gasteiger partial charge in [-0.05, 0) is 30.3 Å². The van der Waals surface area contributed by atoms with Crippen LogP contribution < -0.4 is 10.9 Å². The van der Waals surface area contributed by atoms with Crippen molar-refractivity contribution in [1.82, 2.24) is 14.5 Å². The number of carbonyl (C=O) groups excluding carboxylic acids is 1. The molecule has 6 nitrogen and oxygen atoms in total. The summed E-state index contributed by atoms with van der Waals surface area (Å²) in [7, 11) is 1.61. The number of rotatable bonds is 2. The van der Waals surface area contributed by atoms with Crippen LogP contribution in [0.1, 0.15) is 10.4 Å². The molecule has 0 spiro atoms. The number of benzene rings is 1. The number of amides is 1. The standard InChI is InChI=1S/C14H12N4O2/c1-18-6-2-3-10(14(18)20)13(19)17-9-4-5-11-12(7-9)16-8-15-11/h2-8H,1H3,(H,15,16)(H,17,19). The third kappa shape index (κ3) is 2.07. The molecule has 1 aromatic carbocycles. The number of aromatic nitrogens is 3. The number of aryl methyl sites for hydroxylation is 1. The van der Waals surface area contributed by atoms with Gasteiger partial charge in [-0.25, -0.2) is 4.98 Å². The third-order valence-electron chi connectivity index (χ3n) is 3.05. The molecule has 0 unspecified atom stereocenters. The Morgan fingerprint density at radius 1 is 1.35 bits per heavy atom. The Morgan fingerprint density at radius 2 is 2.20 bits per heavy atom. The zero-order valence-corrected chi connectivity index (χ0v) is 10.8. The molecule has 20 heavy (non-hydrogen) atoms. The summed E-state index contributed by atoms with van der Waals surface area (Å²) >= 11 is 0. The highest BCUT2D eigenvalue weighted by Gasteiger charge is 2.11. The van der Waals surface area contributed by atoms with Crippen LogP contribution in [0.3, 0.4) is 0 Å². The van der Waals surface area contributed by atoms with Crippen molar-refractivity contribution in [3.8, 4) is 0 Å². The second-order valence-electron chi connectivity index (χ2n) is 4.43. The van der Waals surface area contributed by atoms with E-state index in [0.717, 1.165) is 11.0 Å².